The molecule has 47 valence electrons. The standard InChI is InChI=1S/C6H12NO/c7-5-3-1-2-4-6(5)8/h5-8H,1-4H2/t5-,6-/m0/s1. The van der Waals surface area contributed by atoms with Gasteiger partial charge >= 0.3 is 0 Å². The van der Waals surface area contributed by atoms with E-state index in [1.54, 1.807) is 0 Å². The minimum absolute atomic E-state index is 0.191. The van der Waals surface area contributed by atoms with Gasteiger partial charge in [-0.3, -0.25) is 5.73 Å². The average Bonchev–Trinajstić information content (AvgIpc) is 1.77. The Labute approximate surface area is 49.7 Å². The van der Waals surface area contributed by atoms with Gasteiger partial charge in [-0.25, -0.2) is 0 Å². The molecule has 2 nitrogen and oxygen atoms in total. The first-order chi connectivity index (χ1) is 3.80. The Kier molecular flexibility index (Phi) is 1.86. The molecule has 1 rings (SSSR count). The maximum absolute atomic E-state index is 8.99. The monoisotopic (exact) mass is 114 g/mol. The van der Waals surface area contributed by atoms with Gasteiger partial charge in [0.25, 0.3) is 0 Å². The van der Waals surface area contributed by atoms with Crippen molar-refractivity contribution in [3.63, 3.8) is 0 Å². The molecule has 1 saturated carbocycles. The predicted octanol–water partition coefficient (Wildman–Crippen LogP) is 0.573. The molecular weight excluding hydrogens is 102 g/mol. The smallest absolute Gasteiger partial charge is 0.0706 e. The van der Waals surface area contributed by atoms with E-state index in [2.05, 4.69) is 0 Å². The molecule has 1 fully saturated rings. The lowest BCUT2D eigenvalue weighted by atomic mass is 9.94. The highest BCUT2D eigenvalue weighted by Gasteiger charge is 2.18. The van der Waals surface area contributed by atoms with Crippen molar-refractivity contribution in [1.29, 1.82) is 0 Å². The van der Waals surface area contributed by atoms with Crippen LogP contribution in [0.1, 0.15) is 25.7 Å². The number of rotatable bonds is 0. The van der Waals surface area contributed by atoms with Gasteiger partial charge < -0.3 is 5.11 Å². The minimum atomic E-state index is -0.330. The van der Waals surface area contributed by atoms with Crippen LogP contribution in [0, 0.1) is 0 Å². The van der Waals surface area contributed by atoms with E-state index in [1.807, 2.05) is 0 Å². The largest absolute Gasteiger partial charge is 0.391 e. The summed E-state index contributed by atoms with van der Waals surface area (Å²) in [5, 5.41) is 8.99. The summed E-state index contributed by atoms with van der Waals surface area (Å²) in [7, 11) is 0. The molecule has 2 atom stereocenters. The Morgan fingerprint density at radius 3 is 2.25 bits per heavy atom. The average molecular weight is 114 g/mol. The molecule has 2 N–H and O–H groups in total. The van der Waals surface area contributed by atoms with Crippen molar-refractivity contribution < 1.29 is 5.11 Å². The van der Waals surface area contributed by atoms with E-state index in [9.17, 15) is 0 Å². The van der Waals surface area contributed by atoms with Gasteiger partial charge in [-0.05, 0) is 12.8 Å². The van der Waals surface area contributed by atoms with E-state index < -0.39 is 0 Å². The lowest BCUT2D eigenvalue weighted by Gasteiger charge is -2.22. The summed E-state index contributed by atoms with van der Waals surface area (Å²) in [6, 6.07) is -0.191. The van der Waals surface area contributed by atoms with Crippen LogP contribution in [0.15, 0.2) is 0 Å². The van der Waals surface area contributed by atoms with E-state index in [0.29, 0.717) is 0 Å². The molecule has 0 bridgehead atoms. The Balaban J connectivity index is 2.28. The van der Waals surface area contributed by atoms with Gasteiger partial charge in [0.1, 0.15) is 0 Å². The van der Waals surface area contributed by atoms with Crippen molar-refractivity contribution in [3.8, 4) is 0 Å². The molecule has 0 spiro atoms. The van der Waals surface area contributed by atoms with Crippen LogP contribution in [0.2, 0.25) is 0 Å². The topological polar surface area (TPSA) is 44.0 Å². The van der Waals surface area contributed by atoms with Crippen molar-refractivity contribution in [2.24, 2.45) is 0 Å². The molecule has 1 radical (unpaired) electrons. The van der Waals surface area contributed by atoms with Crippen molar-refractivity contribution in [3.05, 3.63) is 0 Å². The molecule has 0 aliphatic heterocycles. The zero-order valence-electron chi connectivity index (χ0n) is 4.93. The molecule has 8 heavy (non-hydrogen) atoms. The highest BCUT2D eigenvalue weighted by Crippen LogP contribution is 2.16. The lowest BCUT2D eigenvalue weighted by molar-refractivity contribution is 0.105. The fourth-order valence-corrected chi connectivity index (χ4v) is 1.11. The Morgan fingerprint density at radius 2 is 1.88 bits per heavy atom. The maximum Gasteiger partial charge on any atom is 0.0706 e. The van der Waals surface area contributed by atoms with Gasteiger partial charge in [-0.2, -0.15) is 0 Å². The van der Waals surface area contributed by atoms with E-state index in [4.69, 9.17) is 10.8 Å². The van der Waals surface area contributed by atoms with Gasteiger partial charge in [0.05, 0.1) is 6.10 Å². The van der Waals surface area contributed by atoms with Crippen molar-refractivity contribution in [2.45, 2.75) is 37.8 Å². The number of aliphatic hydroxyl groups excluding tert-OH is 1. The summed E-state index contributed by atoms with van der Waals surface area (Å²) < 4.78 is 0. The van der Waals surface area contributed by atoms with Crippen LogP contribution < -0.4 is 5.73 Å². The number of nitrogens with one attached hydrogen (secondary N) is 1. The molecule has 0 unspecified atom stereocenters. The summed E-state index contributed by atoms with van der Waals surface area (Å²) in [6.07, 6.45) is 3.64. The fourth-order valence-electron chi connectivity index (χ4n) is 1.11. The van der Waals surface area contributed by atoms with Crippen LogP contribution in [0.5, 0.6) is 0 Å². The summed E-state index contributed by atoms with van der Waals surface area (Å²) >= 11 is 0. The van der Waals surface area contributed by atoms with E-state index >= 15 is 0 Å². The number of aliphatic hydroxyl groups is 1. The van der Waals surface area contributed by atoms with Gasteiger partial charge in [-0.1, -0.05) is 12.8 Å². The maximum atomic E-state index is 8.99. The molecule has 0 aromatic rings. The van der Waals surface area contributed by atoms with E-state index in [0.717, 1.165) is 25.7 Å². The molecule has 0 amide bonds. The zero-order chi connectivity index (χ0) is 5.98. The Hall–Kier alpha value is -0.0800. The minimum Gasteiger partial charge on any atom is -0.391 e. The quantitative estimate of drug-likeness (QED) is 0.491. The number of hydrogen-bond donors (Lipinski definition) is 1. The predicted molar refractivity (Wildman–Crippen MR) is 31.4 cm³/mol. The summed E-state index contributed by atoms with van der Waals surface area (Å²) in [5.41, 5.74) is 7.23. The van der Waals surface area contributed by atoms with Crippen LogP contribution in [-0.4, -0.2) is 17.3 Å². The van der Waals surface area contributed by atoms with Gasteiger partial charge in [-0.15, -0.1) is 0 Å². The molecule has 2 heteroatoms. The van der Waals surface area contributed by atoms with Crippen LogP contribution in [0.3, 0.4) is 0 Å². The second-order valence-corrected chi connectivity index (χ2v) is 2.46. The third-order valence-electron chi connectivity index (χ3n) is 1.73. The van der Waals surface area contributed by atoms with E-state index in [-0.39, 0.29) is 12.1 Å². The molecule has 0 aromatic heterocycles. The van der Waals surface area contributed by atoms with Gasteiger partial charge in [0, 0.05) is 6.04 Å². The highest BCUT2D eigenvalue weighted by atomic mass is 16.3. The van der Waals surface area contributed by atoms with Crippen molar-refractivity contribution in [1.82, 2.24) is 5.73 Å². The van der Waals surface area contributed by atoms with Crippen LogP contribution in [-0.2, 0) is 0 Å². The molecular formula is C6H12NO. The third-order valence-corrected chi connectivity index (χ3v) is 1.73. The Bertz CT molecular complexity index is 64.9. The first-order valence-corrected chi connectivity index (χ1v) is 3.20. The first-order valence-electron chi connectivity index (χ1n) is 3.20. The number of hydrogen-bond acceptors (Lipinski definition) is 1. The first kappa shape index (κ1) is 6.05. The molecule has 0 aromatic carbocycles. The summed E-state index contributed by atoms with van der Waals surface area (Å²) in [4.78, 5) is 0. The fraction of sp³-hybridized carbons (Fsp3) is 1.00. The summed E-state index contributed by atoms with van der Waals surface area (Å²) in [5.74, 6) is 0. The molecule has 1 aliphatic rings. The SMILES string of the molecule is [NH][C@H]1CCCC[C@@H]1O. The second kappa shape index (κ2) is 2.46. The van der Waals surface area contributed by atoms with Crippen LogP contribution in [0.4, 0.5) is 0 Å². The summed E-state index contributed by atoms with van der Waals surface area (Å²) in [6.45, 7) is 0. The van der Waals surface area contributed by atoms with Crippen LogP contribution >= 0.6 is 0 Å². The van der Waals surface area contributed by atoms with Gasteiger partial charge in [0.15, 0.2) is 0 Å². The molecule has 0 saturated heterocycles. The molecule has 1 aliphatic carbocycles. The zero-order valence-corrected chi connectivity index (χ0v) is 4.93. The molecule has 0 heterocycles. The van der Waals surface area contributed by atoms with Crippen molar-refractivity contribution in [2.75, 3.05) is 0 Å². The Morgan fingerprint density at radius 1 is 1.25 bits per heavy atom. The van der Waals surface area contributed by atoms with Crippen molar-refractivity contribution >= 4 is 0 Å². The van der Waals surface area contributed by atoms with E-state index in [1.165, 1.54) is 0 Å². The second-order valence-electron chi connectivity index (χ2n) is 2.46. The normalized spacial score (nSPS) is 39.8. The lowest BCUT2D eigenvalue weighted by Crippen LogP contribution is -2.30. The highest BCUT2D eigenvalue weighted by molar-refractivity contribution is 4.75. The van der Waals surface area contributed by atoms with Crippen LogP contribution in [0.25, 0.3) is 0 Å². The van der Waals surface area contributed by atoms with Gasteiger partial charge in [0.2, 0.25) is 0 Å². The third kappa shape index (κ3) is 1.20.